The Balaban J connectivity index is 1.80. The monoisotopic (exact) mass is 546 g/mol. The van der Waals surface area contributed by atoms with Crippen molar-refractivity contribution >= 4 is 11.9 Å². The second-order valence-electron chi connectivity index (χ2n) is 9.13. The maximum atomic E-state index is 12.4. The molecule has 0 spiro atoms. The standard InChI is InChI=1S/C28H38N2O9/c1-29(2)20-25(39-28(32)16-15-27(31)36-17-6-7-18-38-30(33)34)21-37-26-12-5-4-10-23(26)14-13-22-9-8-11-24(19-22)35-3/h4-5,8-12,19,25H,6-7,13-18,20-21H2,1-3H3. The number of carbonyl (C=O) groups excluding carboxylic acids is 2. The van der Waals surface area contributed by atoms with E-state index in [-0.39, 0.29) is 32.7 Å². The lowest BCUT2D eigenvalue weighted by Crippen LogP contribution is -2.35. The van der Waals surface area contributed by atoms with E-state index in [2.05, 4.69) is 10.9 Å². The molecular weight excluding hydrogens is 508 g/mol. The SMILES string of the molecule is COc1cccc(CCc2ccccc2OCC(CN(C)C)OC(=O)CCC(=O)OCCCCO[N+](=O)[O-])c1. The highest BCUT2D eigenvalue weighted by Crippen LogP contribution is 2.22. The minimum absolute atomic E-state index is 0.0566. The zero-order valence-corrected chi connectivity index (χ0v) is 22.8. The van der Waals surface area contributed by atoms with Crippen molar-refractivity contribution in [3.05, 3.63) is 69.8 Å². The second kappa shape index (κ2) is 17.6. The highest BCUT2D eigenvalue weighted by atomic mass is 16.9. The summed E-state index contributed by atoms with van der Waals surface area (Å²) >= 11 is 0. The van der Waals surface area contributed by atoms with Crippen LogP contribution in [0.4, 0.5) is 0 Å². The maximum Gasteiger partial charge on any atom is 0.306 e. The first-order chi connectivity index (χ1) is 18.8. The third-order valence-electron chi connectivity index (χ3n) is 5.61. The number of para-hydroxylation sites is 1. The normalized spacial score (nSPS) is 11.5. The van der Waals surface area contributed by atoms with Crippen molar-refractivity contribution in [3.63, 3.8) is 0 Å². The lowest BCUT2D eigenvalue weighted by atomic mass is 10.0. The average molecular weight is 547 g/mol. The van der Waals surface area contributed by atoms with Gasteiger partial charge in [0.1, 0.15) is 24.2 Å². The molecule has 0 aliphatic carbocycles. The quantitative estimate of drug-likeness (QED) is 0.112. The van der Waals surface area contributed by atoms with E-state index in [0.717, 1.165) is 35.5 Å². The fraction of sp³-hybridized carbons (Fsp3) is 0.500. The number of likely N-dealkylation sites (N-methyl/N-ethyl adjacent to an activating group) is 1. The van der Waals surface area contributed by atoms with Gasteiger partial charge in [0.2, 0.25) is 0 Å². The van der Waals surface area contributed by atoms with Crippen molar-refractivity contribution in [2.45, 2.75) is 44.6 Å². The Morgan fingerprint density at radius 3 is 2.46 bits per heavy atom. The summed E-state index contributed by atoms with van der Waals surface area (Å²) in [7, 11) is 5.39. The van der Waals surface area contributed by atoms with Gasteiger partial charge in [-0.1, -0.05) is 30.3 Å². The highest BCUT2D eigenvalue weighted by molar-refractivity contribution is 5.77. The number of methoxy groups -OCH3 is 1. The van der Waals surface area contributed by atoms with Gasteiger partial charge in [-0.3, -0.25) is 9.59 Å². The highest BCUT2D eigenvalue weighted by Gasteiger charge is 2.19. The predicted molar refractivity (Wildman–Crippen MR) is 143 cm³/mol. The van der Waals surface area contributed by atoms with E-state index in [1.807, 2.05) is 61.5 Å². The summed E-state index contributed by atoms with van der Waals surface area (Å²) in [6.45, 7) is 0.660. The minimum Gasteiger partial charge on any atom is -0.497 e. The van der Waals surface area contributed by atoms with Crippen LogP contribution in [0.3, 0.4) is 0 Å². The van der Waals surface area contributed by atoms with Crippen LogP contribution in [0.1, 0.15) is 36.8 Å². The number of hydrogen-bond donors (Lipinski definition) is 0. The first-order valence-electron chi connectivity index (χ1n) is 12.9. The summed E-state index contributed by atoms with van der Waals surface area (Å²) in [5.74, 6) is 0.493. The van der Waals surface area contributed by atoms with Gasteiger partial charge in [-0.25, -0.2) is 0 Å². The molecule has 2 aromatic carbocycles. The van der Waals surface area contributed by atoms with Crippen molar-refractivity contribution in [2.24, 2.45) is 0 Å². The van der Waals surface area contributed by atoms with Gasteiger partial charge >= 0.3 is 11.9 Å². The smallest absolute Gasteiger partial charge is 0.306 e. The summed E-state index contributed by atoms with van der Waals surface area (Å²) in [4.78, 5) is 40.5. The molecule has 1 unspecified atom stereocenters. The zero-order chi connectivity index (χ0) is 28.5. The Kier molecular flexibility index (Phi) is 14.2. The zero-order valence-electron chi connectivity index (χ0n) is 22.8. The molecule has 0 aliphatic heterocycles. The second-order valence-corrected chi connectivity index (χ2v) is 9.13. The molecule has 0 N–H and O–H groups in total. The number of esters is 2. The van der Waals surface area contributed by atoms with E-state index < -0.39 is 23.1 Å². The predicted octanol–water partition coefficient (Wildman–Crippen LogP) is 3.64. The number of unbranched alkanes of at least 4 members (excludes halogenated alkanes) is 1. The van der Waals surface area contributed by atoms with Crippen LogP contribution in [0.2, 0.25) is 0 Å². The Labute approximate surface area is 229 Å². The fourth-order valence-electron chi connectivity index (χ4n) is 3.72. The van der Waals surface area contributed by atoms with Crippen molar-refractivity contribution in [1.29, 1.82) is 0 Å². The molecule has 0 aromatic heterocycles. The van der Waals surface area contributed by atoms with Crippen molar-refractivity contribution < 1.29 is 38.5 Å². The summed E-state index contributed by atoms with van der Waals surface area (Å²) in [6.07, 6.45) is 1.62. The number of nitrogens with zero attached hydrogens (tertiary/aromatic N) is 2. The molecule has 1 atom stereocenters. The lowest BCUT2D eigenvalue weighted by molar-refractivity contribution is -0.757. The van der Waals surface area contributed by atoms with Gasteiger partial charge in [0.15, 0.2) is 0 Å². The molecular formula is C28H38N2O9. The van der Waals surface area contributed by atoms with Crippen LogP contribution in [0.15, 0.2) is 48.5 Å². The molecule has 0 saturated carbocycles. The Hall–Kier alpha value is -3.86. The maximum absolute atomic E-state index is 12.4. The molecule has 0 radical (unpaired) electrons. The average Bonchev–Trinajstić information content (AvgIpc) is 2.91. The van der Waals surface area contributed by atoms with Crippen LogP contribution in [-0.2, 0) is 36.7 Å². The van der Waals surface area contributed by atoms with Crippen molar-refractivity contribution in [3.8, 4) is 11.5 Å². The lowest BCUT2D eigenvalue weighted by Gasteiger charge is -2.22. The van der Waals surface area contributed by atoms with E-state index in [0.29, 0.717) is 19.4 Å². The molecule has 0 saturated heterocycles. The van der Waals surface area contributed by atoms with E-state index in [1.165, 1.54) is 0 Å². The fourth-order valence-corrected chi connectivity index (χ4v) is 3.72. The Morgan fingerprint density at radius 2 is 1.72 bits per heavy atom. The number of hydrogen-bond acceptors (Lipinski definition) is 10. The topological polar surface area (TPSA) is 127 Å². The van der Waals surface area contributed by atoms with Gasteiger partial charge in [0.25, 0.3) is 5.09 Å². The largest absolute Gasteiger partial charge is 0.497 e. The summed E-state index contributed by atoms with van der Waals surface area (Å²) < 4.78 is 22.0. The van der Waals surface area contributed by atoms with Gasteiger partial charge < -0.3 is 28.7 Å². The molecule has 11 nitrogen and oxygen atoms in total. The van der Waals surface area contributed by atoms with E-state index >= 15 is 0 Å². The van der Waals surface area contributed by atoms with Gasteiger partial charge in [-0.2, -0.15) is 0 Å². The molecule has 0 bridgehead atoms. The van der Waals surface area contributed by atoms with Gasteiger partial charge in [0.05, 0.1) is 33.2 Å². The van der Waals surface area contributed by atoms with E-state index in [1.54, 1.807) is 7.11 Å². The number of benzene rings is 2. The Bertz CT molecular complexity index is 1050. The minimum atomic E-state index is -0.866. The molecule has 0 heterocycles. The van der Waals surface area contributed by atoms with Gasteiger partial charge in [-0.15, -0.1) is 10.1 Å². The van der Waals surface area contributed by atoms with Crippen molar-refractivity contribution in [1.82, 2.24) is 4.90 Å². The van der Waals surface area contributed by atoms with Gasteiger partial charge in [0, 0.05) is 6.54 Å². The Morgan fingerprint density at radius 1 is 0.974 bits per heavy atom. The van der Waals surface area contributed by atoms with Crippen LogP contribution < -0.4 is 9.47 Å². The van der Waals surface area contributed by atoms with Crippen molar-refractivity contribution in [2.75, 3.05) is 47.6 Å². The molecule has 2 aromatic rings. The molecule has 2 rings (SSSR count). The molecule has 0 aliphatic rings. The number of ether oxygens (including phenoxy) is 4. The number of rotatable bonds is 19. The van der Waals surface area contributed by atoms with Gasteiger partial charge in [-0.05, 0) is 69.1 Å². The van der Waals surface area contributed by atoms with Crippen LogP contribution >= 0.6 is 0 Å². The summed E-state index contributed by atoms with van der Waals surface area (Å²) in [6, 6.07) is 15.7. The number of carbonyl (C=O) groups is 2. The van der Waals surface area contributed by atoms with Crippen LogP contribution in [0.25, 0.3) is 0 Å². The van der Waals surface area contributed by atoms with E-state index in [9.17, 15) is 19.7 Å². The molecule has 39 heavy (non-hydrogen) atoms. The first kappa shape index (κ1) is 31.4. The van der Waals surface area contributed by atoms with Crippen LogP contribution in [0.5, 0.6) is 11.5 Å². The molecule has 0 fully saturated rings. The van der Waals surface area contributed by atoms with E-state index in [4.69, 9.17) is 18.9 Å². The van der Waals surface area contributed by atoms with Crippen LogP contribution in [-0.4, -0.2) is 75.6 Å². The van der Waals surface area contributed by atoms with Crippen LogP contribution in [0, 0.1) is 10.1 Å². The summed E-state index contributed by atoms with van der Waals surface area (Å²) in [5, 5.41) is 9.22. The molecule has 214 valence electrons. The first-order valence-corrected chi connectivity index (χ1v) is 12.9. The molecule has 0 amide bonds. The molecule has 11 heteroatoms. The number of aryl methyl sites for hydroxylation is 2. The third kappa shape index (κ3) is 13.5. The summed E-state index contributed by atoms with van der Waals surface area (Å²) in [5.41, 5.74) is 2.20. The third-order valence-corrected chi connectivity index (χ3v) is 5.61.